The van der Waals surface area contributed by atoms with Gasteiger partial charge in [-0.15, -0.1) is 0 Å². The molecule has 5 nitrogen and oxygen atoms in total. The third kappa shape index (κ3) is 3.45. The molecule has 0 aliphatic rings. The fourth-order valence-electron chi connectivity index (χ4n) is 1.66. The Kier molecular flexibility index (Phi) is 4.67. The second-order valence-electron chi connectivity index (χ2n) is 4.34. The molecular formula is C13H17N3O2. The van der Waals surface area contributed by atoms with Gasteiger partial charge >= 0.3 is 5.97 Å². The van der Waals surface area contributed by atoms with Gasteiger partial charge in [0.15, 0.2) is 0 Å². The average Bonchev–Trinajstić information content (AvgIpc) is 2.28. The Labute approximate surface area is 106 Å². The molecule has 0 amide bonds. The van der Waals surface area contributed by atoms with Crippen LogP contribution >= 0.6 is 0 Å². The molecule has 0 saturated carbocycles. The molecule has 2 N–H and O–H groups in total. The maximum atomic E-state index is 10.7. The van der Waals surface area contributed by atoms with E-state index in [-0.39, 0.29) is 0 Å². The first kappa shape index (κ1) is 14.0. The van der Waals surface area contributed by atoms with Gasteiger partial charge < -0.3 is 10.4 Å². The van der Waals surface area contributed by atoms with Crippen LogP contribution in [0.25, 0.3) is 0 Å². The Hall–Kier alpha value is -2.09. The van der Waals surface area contributed by atoms with Crippen molar-refractivity contribution in [1.82, 2.24) is 4.98 Å². The van der Waals surface area contributed by atoms with Crippen LogP contribution in [0.3, 0.4) is 0 Å². The molecule has 0 saturated heterocycles. The SMILES string of the molecule is Cc1cc(NCCC(C)C(=O)O)c(C#N)c(C)n1. The number of nitriles is 1. The van der Waals surface area contributed by atoms with Gasteiger partial charge in [0.25, 0.3) is 0 Å². The van der Waals surface area contributed by atoms with Crippen LogP contribution in [-0.2, 0) is 4.79 Å². The van der Waals surface area contributed by atoms with Crippen LogP contribution in [0.4, 0.5) is 5.69 Å². The molecule has 18 heavy (non-hydrogen) atoms. The summed E-state index contributed by atoms with van der Waals surface area (Å²) in [5.41, 5.74) is 2.76. The summed E-state index contributed by atoms with van der Waals surface area (Å²) < 4.78 is 0. The average molecular weight is 247 g/mol. The van der Waals surface area contributed by atoms with Gasteiger partial charge in [-0.05, 0) is 26.3 Å². The van der Waals surface area contributed by atoms with Crippen molar-refractivity contribution in [3.63, 3.8) is 0 Å². The van der Waals surface area contributed by atoms with Gasteiger partial charge in [0.1, 0.15) is 6.07 Å². The lowest BCUT2D eigenvalue weighted by Gasteiger charge is -2.12. The highest BCUT2D eigenvalue weighted by Crippen LogP contribution is 2.18. The maximum Gasteiger partial charge on any atom is 0.306 e. The minimum absolute atomic E-state index is 0.396. The summed E-state index contributed by atoms with van der Waals surface area (Å²) in [6.07, 6.45) is 0.515. The number of aromatic nitrogens is 1. The molecule has 5 heteroatoms. The van der Waals surface area contributed by atoms with Crippen molar-refractivity contribution < 1.29 is 9.90 Å². The van der Waals surface area contributed by atoms with Crippen LogP contribution in [0.1, 0.15) is 30.3 Å². The second-order valence-corrected chi connectivity index (χ2v) is 4.34. The number of aliphatic carboxylic acids is 1. The van der Waals surface area contributed by atoms with E-state index in [2.05, 4.69) is 16.4 Å². The first-order valence-corrected chi connectivity index (χ1v) is 5.80. The molecule has 1 unspecified atom stereocenters. The van der Waals surface area contributed by atoms with Crippen molar-refractivity contribution in [1.29, 1.82) is 5.26 Å². The highest BCUT2D eigenvalue weighted by molar-refractivity contribution is 5.69. The number of nitrogens with zero attached hydrogens (tertiary/aromatic N) is 2. The normalized spacial score (nSPS) is 11.7. The van der Waals surface area contributed by atoms with Gasteiger partial charge in [-0.25, -0.2) is 0 Å². The second kappa shape index (κ2) is 6.01. The molecule has 1 atom stereocenters. The molecule has 0 bridgehead atoms. The molecule has 1 rings (SSSR count). The number of rotatable bonds is 5. The quantitative estimate of drug-likeness (QED) is 0.832. The molecule has 1 aromatic heterocycles. The number of hydrogen-bond donors (Lipinski definition) is 2. The number of carboxylic acids is 1. The zero-order valence-corrected chi connectivity index (χ0v) is 10.8. The third-order valence-electron chi connectivity index (χ3n) is 2.75. The standard InChI is InChI=1S/C13H17N3O2/c1-8(13(17)18)4-5-15-12-6-9(2)16-10(3)11(12)7-14/h6,8H,4-5H2,1-3H3,(H,15,16)(H,17,18). The van der Waals surface area contributed by atoms with Gasteiger partial charge in [0, 0.05) is 12.2 Å². The Morgan fingerprint density at radius 3 is 2.83 bits per heavy atom. The largest absolute Gasteiger partial charge is 0.481 e. The van der Waals surface area contributed by atoms with Crippen molar-refractivity contribution in [2.45, 2.75) is 27.2 Å². The van der Waals surface area contributed by atoms with E-state index < -0.39 is 11.9 Å². The number of nitrogens with one attached hydrogen (secondary N) is 1. The minimum atomic E-state index is -0.806. The van der Waals surface area contributed by atoms with Gasteiger partial charge in [0.2, 0.25) is 0 Å². The van der Waals surface area contributed by atoms with Crippen LogP contribution < -0.4 is 5.32 Å². The summed E-state index contributed by atoms with van der Waals surface area (Å²) in [5, 5.41) is 20.9. The van der Waals surface area contributed by atoms with E-state index in [1.54, 1.807) is 19.9 Å². The Morgan fingerprint density at radius 1 is 1.61 bits per heavy atom. The summed E-state index contributed by atoms with van der Waals surface area (Å²) in [6, 6.07) is 3.91. The van der Waals surface area contributed by atoms with Gasteiger partial charge in [-0.3, -0.25) is 9.78 Å². The zero-order chi connectivity index (χ0) is 13.7. The number of carboxylic acid groups (broad SMARTS) is 1. The number of pyridine rings is 1. The fourth-order valence-corrected chi connectivity index (χ4v) is 1.66. The lowest BCUT2D eigenvalue weighted by atomic mass is 10.1. The van der Waals surface area contributed by atoms with Crippen molar-refractivity contribution in [3.8, 4) is 6.07 Å². The molecule has 0 radical (unpaired) electrons. The van der Waals surface area contributed by atoms with Crippen molar-refractivity contribution in [2.75, 3.05) is 11.9 Å². The Balaban J connectivity index is 2.73. The molecule has 0 aromatic carbocycles. The molecule has 0 aliphatic heterocycles. The van der Waals surface area contributed by atoms with E-state index in [1.807, 2.05) is 6.92 Å². The fraction of sp³-hybridized carbons (Fsp3) is 0.462. The van der Waals surface area contributed by atoms with Crippen molar-refractivity contribution in [2.24, 2.45) is 5.92 Å². The van der Waals surface area contributed by atoms with Crippen molar-refractivity contribution >= 4 is 11.7 Å². The number of anilines is 1. The lowest BCUT2D eigenvalue weighted by molar-refractivity contribution is -0.141. The molecular weight excluding hydrogens is 230 g/mol. The van der Waals surface area contributed by atoms with E-state index >= 15 is 0 Å². The van der Waals surface area contributed by atoms with Gasteiger partial charge in [0.05, 0.1) is 22.9 Å². The number of carbonyl (C=O) groups is 1. The number of hydrogen-bond acceptors (Lipinski definition) is 4. The van der Waals surface area contributed by atoms with E-state index in [0.717, 1.165) is 11.4 Å². The first-order chi connectivity index (χ1) is 8.45. The highest BCUT2D eigenvalue weighted by atomic mass is 16.4. The Morgan fingerprint density at radius 2 is 2.28 bits per heavy atom. The molecule has 0 spiro atoms. The summed E-state index contributed by atoms with van der Waals surface area (Å²) in [5.74, 6) is -1.20. The minimum Gasteiger partial charge on any atom is -0.481 e. The highest BCUT2D eigenvalue weighted by Gasteiger charge is 2.11. The maximum absolute atomic E-state index is 10.7. The van der Waals surface area contributed by atoms with Crippen LogP contribution in [0.2, 0.25) is 0 Å². The monoisotopic (exact) mass is 247 g/mol. The third-order valence-corrected chi connectivity index (χ3v) is 2.75. The first-order valence-electron chi connectivity index (χ1n) is 5.80. The number of aryl methyl sites for hydroxylation is 2. The summed E-state index contributed by atoms with van der Waals surface area (Å²) in [4.78, 5) is 14.9. The van der Waals surface area contributed by atoms with Crippen molar-refractivity contribution in [3.05, 3.63) is 23.0 Å². The smallest absolute Gasteiger partial charge is 0.306 e. The Bertz CT molecular complexity index is 492. The summed E-state index contributed by atoms with van der Waals surface area (Å²) >= 11 is 0. The molecule has 0 aliphatic carbocycles. The van der Waals surface area contributed by atoms with Crippen LogP contribution in [0.5, 0.6) is 0 Å². The molecule has 1 aromatic rings. The lowest BCUT2D eigenvalue weighted by Crippen LogP contribution is -2.15. The molecule has 0 fully saturated rings. The zero-order valence-electron chi connectivity index (χ0n) is 10.8. The van der Waals surface area contributed by atoms with Crippen LogP contribution in [0, 0.1) is 31.1 Å². The molecule has 1 heterocycles. The summed E-state index contributed by atoms with van der Waals surface area (Å²) in [6.45, 7) is 5.83. The van der Waals surface area contributed by atoms with Crippen LogP contribution in [-0.4, -0.2) is 22.6 Å². The predicted octanol–water partition coefficient (Wildman–Crippen LogP) is 2.09. The topological polar surface area (TPSA) is 86.0 Å². The molecule has 96 valence electrons. The van der Waals surface area contributed by atoms with E-state index in [4.69, 9.17) is 10.4 Å². The predicted molar refractivity (Wildman–Crippen MR) is 68.3 cm³/mol. The van der Waals surface area contributed by atoms with Crippen LogP contribution in [0.15, 0.2) is 6.07 Å². The van der Waals surface area contributed by atoms with E-state index in [9.17, 15) is 4.79 Å². The van der Waals surface area contributed by atoms with Gasteiger partial charge in [-0.2, -0.15) is 5.26 Å². The van der Waals surface area contributed by atoms with Gasteiger partial charge in [-0.1, -0.05) is 6.92 Å². The van der Waals surface area contributed by atoms with E-state index in [1.165, 1.54) is 0 Å². The van der Waals surface area contributed by atoms with E-state index in [0.29, 0.717) is 24.2 Å². The summed E-state index contributed by atoms with van der Waals surface area (Å²) in [7, 11) is 0.